The molecule has 3 heteroatoms. The number of aromatic carboxylic acids is 1. The Kier molecular flexibility index (Phi) is 3.93. The number of hydrogen-bond acceptors (Lipinski definition) is 2. The van der Waals surface area contributed by atoms with Crippen molar-refractivity contribution in [3.05, 3.63) is 29.8 Å². The average Bonchev–Trinajstić information content (AvgIpc) is 2.17. The number of carboxylic acids is 1. The van der Waals surface area contributed by atoms with Gasteiger partial charge in [-0.05, 0) is 38.5 Å². The van der Waals surface area contributed by atoms with E-state index in [0.29, 0.717) is 5.56 Å². The van der Waals surface area contributed by atoms with Gasteiger partial charge in [0.25, 0.3) is 0 Å². The molecule has 0 heterocycles. The van der Waals surface area contributed by atoms with Crippen LogP contribution in [0, 0.1) is 0 Å². The molecule has 1 aromatic carbocycles. The first-order valence-corrected chi connectivity index (χ1v) is 5.56. The van der Waals surface area contributed by atoms with Crippen LogP contribution >= 0.6 is 0 Å². The molecule has 0 saturated heterocycles. The number of carboxylic acid groups (broad SMARTS) is 1. The van der Waals surface area contributed by atoms with Gasteiger partial charge >= 0.3 is 5.97 Å². The fourth-order valence-corrected chi connectivity index (χ4v) is 1.81. The van der Waals surface area contributed by atoms with Gasteiger partial charge in [-0.25, -0.2) is 4.79 Å². The molecule has 0 amide bonds. The van der Waals surface area contributed by atoms with Crippen LogP contribution < -0.4 is 5.32 Å². The van der Waals surface area contributed by atoms with Crippen LogP contribution in [-0.4, -0.2) is 16.6 Å². The zero-order chi connectivity index (χ0) is 12.2. The highest BCUT2D eigenvalue weighted by Crippen LogP contribution is 2.20. The Bertz CT molecular complexity index is 372. The zero-order valence-electron chi connectivity index (χ0n) is 10.1. The monoisotopic (exact) mass is 221 g/mol. The Morgan fingerprint density at radius 3 is 2.69 bits per heavy atom. The molecular weight excluding hydrogens is 202 g/mol. The first-order chi connectivity index (χ1) is 7.44. The maximum absolute atomic E-state index is 10.8. The maximum Gasteiger partial charge on any atom is 0.335 e. The van der Waals surface area contributed by atoms with Gasteiger partial charge in [0.1, 0.15) is 0 Å². The van der Waals surface area contributed by atoms with Gasteiger partial charge in [-0.3, -0.25) is 0 Å². The molecule has 1 rings (SSSR count). The van der Waals surface area contributed by atoms with E-state index in [1.165, 1.54) is 0 Å². The Morgan fingerprint density at radius 2 is 2.12 bits per heavy atom. The van der Waals surface area contributed by atoms with Crippen LogP contribution in [0.3, 0.4) is 0 Å². The summed E-state index contributed by atoms with van der Waals surface area (Å²) >= 11 is 0. The van der Waals surface area contributed by atoms with Crippen molar-refractivity contribution in [3.8, 4) is 0 Å². The van der Waals surface area contributed by atoms with E-state index < -0.39 is 5.97 Å². The van der Waals surface area contributed by atoms with Gasteiger partial charge in [0.15, 0.2) is 0 Å². The second-order valence-corrected chi connectivity index (χ2v) is 4.64. The summed E-state index contributed by atoms with van der Waals surface area (Å²) in [6.07, 6.45) is 2.14. The third-order valence-electron chi connectivity index (χ3n) is 2.47. The maximum atomic E-state index is 10.8. The van der Waals surface area contributed by atoms with Gasteiger partial charge in [0, 0.05) is 11.2 Å². The summed E-state index contributed by atoms with van der Waals surface area (Å²) in [4.78, 5) is 10.8. The molecule has 88 valence electrons. The van der Waals surface area contributed by atoms with Crippen molar-refractivity contribution >= 4 is 11.7 Å². The van der Waals surface area contributed by atoms with E-state index in [9.17, 15) is 4.79 Å². The van der Waals surface area contributed by atoms with E-state index >= 15 is 0 Å². The van der Waals surface area contributed by atoms with Gasteiger partial charge in [0.2, 0.25) is 0 Å². The van der Waals surface area contributed by atoms with Crippen molar-refractivity contribution in [2.45, 2.75) is 39.2 Å². The van der Waals surface area contributed by atoms with Crippen molar-refractivity contribution < 1.29 is 9.90 Å². The lowest BCUT2D eigenvalue weighted by Crippen LogP contribution is -2.30. The standard InChI is InChI=1S/C13H19NO2/c1-4-8-13(2,3)14-11-7-5-6-10(9-11)12(15)16/h5-7,9,14H,4,8H2,1-3H3,(H,15,16). The average molecular weight is 221 g/mol. The van der Waals surface area contributed by atoms with Crippen LogP contribution in [-0.2, 0) is 0 Å². The third kappa shape index (κ3) is 3.57. The van der Waals surface area contributed by atoms with E-state index in [4.69, 9.17) is 5.11 Å². The van der Waals surface area contributed by atoms with Crippen LogP contribution in [0.4, 0.5) is 5.69 Å². The molecule has 0 unspecified atom stereocenters. The number of anilines is 1. The number of hydrogen-bond donors (Lipinski definition) is 2. The first kappa shape index (κ1) is 12.6. The Hall–Kier alpha value is -1.51. The summed E-state index contributed by atoms with van der Waals surface area (Å²) in [6, 6.07) is 6.91. The summed E-state index contributed by atoms with van der Waals surface area (Å²) in [5, 5.41) is 12.2. The molecule has 0 saturated carbocycles. The molecule has 0 aliphatic rings. The van der Waals surface area contributed by atoms with Gasteiger partial charge in [0.05, 0.1) is 5.56 Å². The topological polar surface area (TPSA) is 49.3 Å². The van der Waals surface area contributed by atoms with Gasteiger partial charge in [-0.15, -0.1) is 0 Å². The first-order valence-electron chi connectivity index (χ1n) is 5.56. The number of carbonyl (C=O) groups is 1. The summed E-state index contributed by atoms with van der Waals surface area (Å²) in [6.45, 7) is 6.37. The molecule has 0 aliphatic carbocycles. The highest BCUT2D eigenvalue weighted by atomic mass is 16.4. The van der Waals surface area contributed by atoms with Crippen molar-refractivity contribution in [1.82, 2.24) is 0 Å². The van der Waals surface area contributed by atoms with E-state index in [1.807, 2.05) is 6.07 Å². The summed E-state index contributed by atoms with van der Waals surface area (Å²) in [5.74, 6) is -0.892. The van der Waals surface area contributed by atoms with E-state index in [-0.39, 0.29) is 5.54 Å². The highest BCUT2D eigenvalue weighted by molar-refractivity contribution is 5.88. The predicted molar refractivity (Wildman–Crippen MR) is 66.0 cm³/mol. The lowest BCUT2D eigenvalue weighted by Gasteiger charge is -2.27. The molecule has 2 N–H and O–H groups in total. The number of benzene rings is 1. The fourth-order valence-electron chi connectivity index (χ4n) is 1.81. The third-order valence-corrected chi connectivity index (χ3v) is 2.47. The van der Waals surface area contributed by atoms with Crippen molar-refractivity contribution in [3.63, 3.8) is 0 Å². The molecule has 0 atom stereocenters. The lowest BCUT2D eigenvalue weighted by molar-refractivity contribution is 0.0697. The molecule has 0 spiro atoms. The molecule has 0 bridgehead atoms. The summed E-state index contributed by atoms with van der Waals surface area (Å²) in [7, 11) is 0. The van der Waals surface area contributed by atoms with Crippen LogP contribution in [0.25, 0.3) is 0 Å². The Labute approximate surface area is 96.5 Å². The van der Waals surface area contributed by atoms with Crippen LogP contribution in [0.1, 0.15) is 44.0 Å². The fraction of sp³-hybridized carbons (Fsp3) is 0.462. The van der Waals surface area contributed by atoms with Crippen LogP contribution in [0.2, 0.25) is 0 Å². The van der Waals surface area contributed by atoms with E-state index in [2.05, 4.69) is 26.1 Å². The largest absolute Gasteiger partial charge is 0.478 e. The van der Waals surface area contributed by atoms with E-state index in [1.54, 1.807) is 18.2 Å². The Balaban J connectivity index is 2.81. The van der Waals surface area contributed by atoms with E-state index in [0.717, 1.165) is 18.5 Å². The van der Waals surface area contributed by atoms with Crippen LogP contribution in [0.5, 0.6) is 0 Å². The van der Waals surface area contributed by atoms with Gasteiger partial charge in [-0.2, -0.15) is 0 Å². The molecule has 0 aliphatic heterocycles. The summed E-state index contributed by atoms with van der Waals surface area (Å²) in [5.41, 5.74) is 1.17. The van der Waals surface area contributed by atoms with Crippen molar-refractivity contribution in [1.29, 1.82) is 0 Å². The smallest absolute Gasteiger partial charge is 0.335 e. The van der Waals surface area contributed by atoms with Gasteiger partial charge in [-0.1, -0.05) is 19.4 Å². The molecular formula is C13H19NO2. The zero-order valence-corrected chi connectivity index (χ0v) is 10.1. The Morgan fingerprint density at radius 1 is 1.44 bits per heavy atom. The lowest BCUT2D eigenvalue weighted by atomic mass is 9.98. The quantitative estimate of drug-likeness (QED) is 0.801. The van der Waals surface area contributed by atoms with Gasteiger partial charge < -0.3 is 10.4 Å². The minimum atomic E-state index is -0.892. The molecule has 3 nitrogen and oxygen atoms in total. The molecule has 0 fully saturated rings. The van der Waals surface area contributed by atoms with Crippen molar-refractivity contribution in [2.24, 2.45) is 0 Å². The normalized spacial score (nSPS) is 11.2. The second kappa shape index (κ2) is 5.01. The minimum Gasteiger partial charge on any atom is -0.478 e. The molecule has 0 radical (unpaired) electrons. The minimum absolute atomic E-state index is 0.00806. The number of rotatable bonds is 5. The molecule has 1 aromatic rings. The predicted octanol–water partition coefficient (Wildman–Crippen LogP) is 3.38. The second-order valence-electron chi connectivity index (χ2n) is 4.64. The summed E-state index contributed by atoms with van der Waals surface area (Å²) < 4.78 is 0. The highest BCUT2D eigenvalue weighted by Gasteiger charge is 2.16. The SMILES string of the molecule is CCCC(C)(C)Nc1cccc(C(=O)O)c1. The molecule has 16 heavy (non-hydrogen) atoms. The van der Waals surface area contributed by atoms with Crippen LogP contribution in [0.15, 0.2) is 24.3 Å². The van der Waals surface area contributed by atoms with Crippen molar-refractivity contribution in [2.75, 3.05) is 5.32 Å². The molecule has 0 aromatic heterocycles. The number of nitrogens with one attached hydrogen (secondary N) is 1.